The SMILES string of the molecule is Cc1cc(C)n(Cc2cccc(CNC(=O)c3nn(-c4ccccc4F)c(C)cc3=O)c2)n1. The zero-order valence-electron chi connectivity index (χ0n) is 18.7. The lowest BCUT2D eigenvalue weighted by Gasteiger charge is -2.12. The molecular formula is C25H24FN5O2. The first-order valence-corrected chi connectivity index (χ1v) is 10.5. The number of carbonyl (C=O) groups excluding carboxylic acids is 1. The Morgan fingerprint density at radius 3 is 2.42 bits per heavy atom. The highest BCUT2D eigenvalue weighted by Gasteiger charge is 2.16. The molecule has 2 heterocycles. The van der Waals surface area contributed by atoms with E-state index in [0.717, 1.165) is 22.5 Å². The van der Waals surface area contributed by atoms with Gasteiger partial charge in [0.15, 0.2) is 5.69 Å². The molecule has 0 aliphatic rings. The van der Waals surface area contributed by atoms with E-state index in [1.54, 1.807) is 19.1 Å². The monoisotopic (exact) mass is 445 g/mol. The lowest BCUT2D eigenvalue weighted by molar-refractivity contribution is 0.0943. The summed E-state index contributed by atoms with van der Waals surface area (Å²) in [5.41, 5.74) is 3.75. The van der Waals surface area contributed by atoms with Crippen LogP contribution in [-0.2, 0) is 13.1 Å². The molecule has 0 aliphatic carbocycles. The number of aryl methyl sites for hydroxylation is 3. The minimum atomic E-state index is -0.617. The highest BCUT2D eigenvalue weighted by molar-refractivity contribution is 5.92. The number of aromatic nitrogens is 4. The van der Waals surface area contributed by atoms with E-state index in [1.807, 2.05) is 48.9 Å². The third-order valence-electron chi connectivity index (χ3n) is 5.28. The van der Waals surface area contributed by atoms with Crippen LogP contribution in [0.5, 0.6) is 0 Å². The average molecular weight is 445 g/mol. The Morgan fingerprint density at radius 2 is 1.70 bits per heavy atom. The van der Waals surface area contributed by atoms with Crippen LogP contribution < -0.4 is 10.7 Å². The van der Waals surface area contributed by atoms with E-state index < -0.39 is 17.2 Å². The van der Waals surface area contributed by atoms with Crippen LogP contribution in [0, 0.1) is 26.6 Å². The Hall–Kier alpha value is -4.07. The van der Waals surface area contributed by atoms with Crippen molar-refractivity contribution >= 4 is 5.91 Å². The van der Waals surface area contributed by atoms with Gasteiger partial charge in [-0.15, -0.1) is 0 Å². The molecule has 0 aliphatic heterocycles. The zero-order valence-corrected chi connectivity index (χ0v) is 18.7. The first-order valence-electron chi connectivity index (χ1n) is 10.5. The summed E-state index contributed by atoms with van der Waals surface area (Å²) in [5.74, 6) is -1.11. The molecule has 8 heteroatoms. The molecule has 7 nitrogen and oxygen atoms in total. The van der Waals surface area contributed by atoms with Crippen molar-refractivity contribution in [2.45, 2.75) is 33.9 Å². The van der Waals surface area contributed by atoms with Crippen LogP contribution in [0.2, 0.25) is 0 Å². The second-order valence-corrected chi connectivity index (χ2v) is 7.95. The minimum absolute atomic E-state index is 0.168. The van der Waals surface area contributed by atoms with Gasteiger partial charge >= 0.3 is 0 Å². The van der Waals surface area contributed by atoms with Crippen LogP contribution in [0.1, 0.15) is 38.7 Å². The molecule has 4 aromatic rings. The number of rotatable bonds is 6. The Bertz CT molecular complexity index is 1390. The van der Waals surface area contributed by atoms with Crippen LogP contribution in [0.3, 0.4) is 0 Å². The number of hydrogen-bond donors (Lipinski definition) is 1. The van der Waals surface area contributed by atoms with Crippen molar-refractivity contribution in [3.8, 4) is 5.69 Å². The zero-order chi connectivity index (χ0) is 23.5. The second-order valence-electron chi connectivity index (χ2n) is 7.95. The molecule has 1 amide bonds. The molecule has 0 bridgehead atoms. The largest absolute Gasteiger partial charge is 0.346 e. The molecule has 0 atom stereocenters. The van der Waals surface area contributed by atoms with Crippen molar-refractivity contribution in [1.29, 1.82) is 0 Å². The summed E-state index contributed by atoms with van der Waals surface area (Å²) in [7, 11) is 0. The fourth-order valence-corrected chi connectivity index (χ4v) is 3.68. The van der Waals surface area contributed by atoms with Gasteiger partial charge in [0.2, 0.25) is 5.43 Å². The van der Waals surface area contributed by atoms with E-state index in [9.17, 15) is 14.0 Å². The maximum Gasteiger partial charge on any atom is 0.276 e. The van der Waals surface area contributed by atoms with Gasteiger partial charge in [-0.05, 0) is 50.1 Å². The van der Waals surface area contributed by atoms with E-state index >= 15 is 0 Å². The van der Waals surface area contributed by atoms with Crippen molar-refractivity contribution in [3.05, 3.63) is 111 Å². The first kappa shape index (κ1) is 22.1. The van der Waals surface area contributed by atoms with Gasteiger partial charge in [-0.2, -0.15) is 10.2 Å². The number of para-hydroxylation sites is 1. The summed E-state index contributed by atoms with van der Waals surface area (Å²) < 4.78 is 17.4. The number of amides is 1. The van der Waals surface area contributed by atoms with Gasteiger partial charge in [0.25, 0.3) is 5.91 Å². The third kappa shape index (κ3) is 4.90. The highest BCUT2D eigenvalue weighted by Crippen LogP contribution is 2.13. The Morgan fingerprint density at radius 1 is 0.939 bits per heavy atom. The first-order chi connectivity index (χ1) is 15.8. The Labute approximate surface area is 190 Å². The van der Waals surface area contributed by atoms with Gasteiger partial charge in [-0.1, -0.05) is 36.4 Å². The molecule has 0 fully saturated rings. The molecule has 2 aromatic carbocycles. The smallest absolute Gasteiger partial charge is 0.276 e. The van der Waals surface area contributed by atoms with Crippen molar-refractivity contribution in [1.82, 2.24) is 24.9 Å². The van der Waals surface area contributed by atoms with Gasteiger partial charge in [-0.3, -0.25) is 14.3 Å². The highest BCUT2D eigenvalue weighted by atomic mass is 19.1. The summed E-state index contributed by atoms with van der Waals surface area (Å²) in [6.45, 7) is 6.44. The van der Waals surface area contributed by atoms with Crippen LogP contribution in [-0.4, -0.2) is 25.5 Å². The topological polar surface area (TPSA) is 81.8 Å². The third-order valence-corrected chi connectivity index (χ3v) is 5.28. The van der Waals surface area contributed by atoms with E-state index in [2.05, 4.69) is 15.5 Å². The van der Waals surface area contributed by atoms with E-state index in [4.69, 9.17) is 0 Å². The van der Waals surface area contributed by atoms with Crippen molar-refractivity contribution < 1.29 is 9.18 Å². The quantitative estimate of drug-likeness (QED) is 0.493. The van der Waals surface area contributed by atoms with Crippen LogP contribution >= 0.6 is 0 Å². The Balaban J connectivity index is 1.51. The van der Waals surface area contributed by atoms with Crippen molar-refractivity contribution in [2.75, 3.05) is 0 Å². The molecule has 0 unspecified atom stereocenters. The summed E-state index contributed by atoms with van der Waals surface area (Å²) in [4.78, 5) is 25.2. The predicted octanol–water partition coefficient (Wildman–Crippen LogP) is 3.47. The fourth-order valence-electron chi connectivity index (χ4n) is 3.68. The van der Waals surface area contributed by atoms with Gasteiger partial charge in [0.1, 0.15) is 11.5 Å². The molecule has 2 aromatic heterocycles. The molecule has 168 valence electrons. The molecule has 33 heavy (non-hydrogen) atoms. The maximum atomic E-state index is 14.2. The number of nitrogens with one attached hydrogen (secondary N) is 1. The van der Waals surface area contributed by atoms with Crippen molar-refractivity contribution in [3.63, 3.8) is 0 Å². The van der Waals surface area contributed by atoms with Crippen LogP contribution in [0.4, 0.5) is 4.39 Å². The summed E-state index contributed by atoms with van der Waals surface area (Å²) >= 11 is 0. The van der Waals surface area contributed by atoms with Gasteiger partial charge in [-0.25, -0.2) is 9.07 Å². The normalized spacial score (nSPS) is 10.9. The number of halogens is 1. The molecule has 0 saturated carbocycles. The van der Waals surface area contributed by atoms with Crippen LogP contribution in [0.25, 0.3) is 5.69 Å². The number of benzene rings is 2. The summed E-state index contributed by atoms with van der Waals surface area (Å²) in [6.07, 6.45) is 0. The molecule has 0 radical (unpaired) electrons. The molecular weight excluding hydrogens is 421 g/mol. The number of hydrogen-bond acceptors (Lipinski definition) is 4. The molecule has 0 spiro atoms. The average Bonchev–Trinajstić information content (AvgIpc) is 3.09. The molecule has 4 rings (SSSR count). The second kappa shape index (κ2) is 9.20. The fraction of sp³-hybridized carbons (Fsp3) is 0.200. The van der Waals surface area contributed by atoms with Gasteiger partial charge in [0, 0.05) is 24.0 Å². The maximum absolute atomic E-state index is 14.2. The van der Waals surface area contributed by atoms with Crippen molar-refractivity contribution in [2.24, 2.45) is 0 Å². The summed E-state index contributed by atoms with van der Waals surface area (Å²) in [5, 5.41) is 11.4. The summed E-state index contributed by atoms with van der Waals surface area (Å²) in [6, 6.07) is 17.2. The van der Waals surface area contributed by atoms with Gasteiger partial charge < -0.3 is 5.32 Å². The van der Waals surface area contributed by atoms with E-state index in [1.165, 1.54) is 22.9 Å². The van der Waals surface area contributed by atoms with E-state index in [0.29, 0.717) is 12.2 Å². The van der Waals surface area contributed by atoms with Gasteiger partial charge in [0.05, 0.1) is 12.2 Å². The predicted molar refractivity (Wildman–Crippen MR) is 123 cm³/mol. The minimum Gasteiger partial charge on any atom is -0.346 e. The molecule has 0 saturated heterocycles. The number of carbonyl (C=O) groups is 1. The number of nitrogens with zero attached hydrogens (tertiary/aromatic N) is 4. The lowest BCUT2D eigenvalue weighted by atomic mass is 10.1. The molecule has 1 N–H and O–H groups in total. The van der Waals surface area contributed by atoms with E-state index in [-0.39, 0.29) is 17.9 Å². The standard InChI is InChI=1S/C25H24FN5O2/c1-16-11-17(2)30(28-16)15-20-8-6-7-19(13-20)14-27-25(33)24-23(32)12-18(3)31(29-24)22-10-5-4-9-21(22)26/h4-13H,14-15H2,1-3H3,(H,27,33). The Kier molecular flexibility index (Phi) is 6.17. The van der Waals surface area contributed by atoms with Crippen LogP contribution in [0.15, 0.2) is 65.5 Å². The lowest BCUT2D eigenvalue weighted by Crippen LogP contribution is -2.31.